The lowest BCUT2D eigenvalue weighted by Gasteiger charge is -2.14. The van der Waals surface area contributed by atoms with Crippen molar-refractivity contribution < 1.29 is 19.1 Å². The molecule has 1 unspecified atom stereocenters. The number of carbonyl (C=O) groups excluding carboxylic acids is 3. The second-order valence-electron chi connectivity index (χ2n) is 7.80. The van der Waals surface area contributed by atoms with Gasteiger partial charge in [0.25, 0.3) is 0 Å². The van der Waals surface area contributed by atoms with Crippen molar-refractivity contribution >= 4 is 17.5 Å². The summed E-state index contributed by atoms with van der Waals surface area (Å²) in [5.41, 5.74) is 0. The van der Waals surface area contributed by atoms with E-state index in [1.165, 1.54) is 32.6 Å². The standard InChI is InChI=1S/C24H38O4/c1-21(25)28-24-19-12-8-11-17-22(26)15-9-6-4-2-3-5-7-10-16-23(27)18-13-14-20-24/h8,11,13-14,24H,2-7,9-10,12,15-20H2,1H3. The van der Waals surface area contributed by atoms with Gasteiger partial charge in [0, 0.05) is 39.0 Å². The van der Waals surface area contributed by atoms with Gasteiger partial charge in [0.15, 0.2) is 0 Å². The van der Waals surface area contributed by atoms with Gasteiger partial charge in [0.2, 0.25) is 0 Å². The van der Waals surface area contributed by atoms with E-state index >= 15 is 0 Å². The lowest BCUT2D eigenvalue weighted by molar-refractivity contribution is -0.146. The summed E-state index contributed by atoms with van der Waals surface area (Å²) in [5, 5.41) is 0. The number of rotatable bonds is 1. The molecule has 0 saturated heterocycles. The highest BCUT2D eigenvalue weighted by atomic mass is 16.5. The van der Waals surface area contributed by atoms with Crippen molar-refractivity contribution in [3.05, 3.63) is 24.3 Å². The maximum atomic E-state index is 11.9. The number of allylic oxidation sites excluding steroid dienone is 3. The number of ketones is 2. The van der Waals surface area contributed by atoms with Gasteiger partial charge in [-0.1, -0.05) is 62.8 Å². The molecule has 1 atom stereocenters. The average Bonchev–Trinajstić information content (AvgIpc) is 2.65. The Balaban J connectivity index is 2.51. The fraction of sp³-hybridized carbons (Fsp3) is 0.708. The lowest BCUT2D eigenvalue weighted by Crippen LogP contribution is -2.15. The van der Waals surface area contributed by atoms with Gasteiger partial charge >= 0.3 is 5.97 Å². The first-order valence-corrected chi connectivity index (χ1v) is 11.1. The van der Waals surface area contributed by atoms with Crippen molar-refractivity contribution in [1.29, 1.82) is 0 Å². The zero-order valence-electron chi connectivity index (χ0n) is 17.6. The highest BCUT2D eigenvalue weighted by Crippen LogP contribution is 2.13. The van der Waals surface area contributed by atoms with E-state index in [1.54, 1.807) is 0 Å². The molecule has 1 aliphatic rings. The van der Waals surface area contributed by atoms with Gasteiger partial charge in [-0.3, -0.25) is 14.4 Å². The van der Waals surface area contributed by atoms with E-state index in [-0.39, 0.29) is 17.9 Å². The Hall–Kier alpha value is -1.71. The molecule has 0 bridgehead atoms. The topological polar surface area (TPSA) is 60.4 Å². The summed E-state index contributed by atoms with van der Waals surface area (Å²) in [5.74, 6) is 0.313. The monoisotopic (exact) mass is 390 g/mol. The van der Waals surface area contributed by atoms with Crippen LogP contribution >= 0.6 is 0 Å². The third kappa shape index (κ3) is 14.4. The van der Waals surface area contributed by atoms with E-state index in [2.05, 4.69) is 0 Å². The zero-order valence-corrected chi connectivity index (χ0v) is 17.6. The Labute approximate surface area is 170 Å². The smallest absolute Gasteiger partial charge is 0.302 e. The second kappa shape index (κ2) is 16.3. The average molecular weight is 391 g/mol. The van der Waals surface area contributed by atoms with Crippen LogP contribution in [0, 0.1) is 0 Å². The zero-order chi connectivity index (χ0) is 20.5. The summed E-state index contributed by atoms with van der Waals surface area (Å²) in [7, 11) is 0. The van der Waals surface area contributed by atoms with Gasteiger partial charge in [0.05, 0.1) is 0 Å². The molecule has 0 aromatic heterocycles. The molecular formula is C24H38O4. The Morgan fingerprint density at radius 1 is 0.786 bits per heavy atom. The Kier molecular flexibility index (Phi) is 14.1. The number of carbonyl (C=O) groups is 3. The van der Waals surface area contributed by atoms with Crippen LogP contribution in [0.1, 0.15) is 103 Å². The summed E-state index contributed by atoms with van der Waals surface area (Å²) in [6.07, 6.45) is 21.1. The molecule has 0 N–H and O–H groups in total. The van der Waals surface area contributed by atoms with Crippen LogP contribution in [-0.2, 0) is 19.1 Å². The summed E-state index contributed by atoms with van der Waals surface area (Å²) >= 11 is 0. The maximum absolute atomic E-state index is 11.9. The van der Waals surface area contributed by atoms with Crippen LogP contribution in [0.15, 0.2) is 24.3 Å². The molecule has 4 nitrogen and oxygen atoms in total. The number of Topliss-reactive ketones (excluding diaryl/α,β-unsaturated/α-hetero) is 2. The normalized spacial score (nSPS) is 22.8. The van der Waals surface area contributed by atoms with E-state index in [0.29, 0.717) is 37.9 Å². The van der Waals surface area contributed by atoms with Gasteiger partial charge in [-0.15, -0.1) is 0 Å². The van der Waals surface area contributed by atoms with Crippen LogP contribution in [-0.4, -0.2) is 23.6 Å². The van der Waals surface area contributed by atoms with Crippen molar-refractivity contribution in [1.82, 2.24) is 0 Å². The molecule has 158 valence electrons. The van der Waals surface area contributed by atoms with E-state index in [0.717, 1.165) is 38.5 Å². The number of hydrogen-bond donors (Lipinski definition) is 0. The minimum absolute atomic E-state index is 0.179. The summed E-state index contributed by atoms with van der Waals surface area (Å²) in [4.78, 5) is 35.1. The molecule has 0 heterocycles. The van der Waals surface area contributed by atoms with E-state index < -0.39 is 0 Å². The van der Waals surface area contributed by atoms with E-state index in [9.17, 15) is 14.4 Å². The molecular weight excluding hydrogens is 352 g/mol. The largest absolute Gasteiger partial charge is 0.462 e. The third-order valence-electron chi connectivity index (χ3n) is 5.07. The molecule has 0 aromatic rings. The predicted octanol–water partition coefficient (Wildman–Crippen LogP) is 6.03. The van der Waals surface area contributed by atoms with Crippen molar-refractivity contribution in [2.75, 3.05) is 0 Å². The molecule has 0 aromatic carbocycles. The Bertz CT molecular complexity index is 519. The molecule has 0 amide bonds. The Morgan fingerprint density at radius 2 is 1.29 bits per heavy atom. The maximum Gasteiger partial charge on any atom is 0.302 e. The molecule has 28 heavy (non-hydrogen) atoms. The van der Waals surface area contributed by atoms with E-state index in [4.69, 9.17) is 4.74 Å². The number of ether oxygens (including phenoxy) is 1. The Morgan fingerprint density at radius 3 is 1.82 bits per heavy atom. The van der Waals surface area contributed by atoms with Crippen molar-refractivity contribution in [3.63, 3.8) is 0 Å². The minimum atomic E-state index is -0.282. The van der Waals surface area contributed by atoms with Crippen molar-refractivity contribution in [3.8, 4) is 0 Å². The quantitative estimate of drug-likeness (QED) is 0.405. The predicted molar refractivity (Wildman–Crippen MR) is 113 cm³/mol. The van der Waals surface area contributed by atoms with Gasteiger partial charge < -0.3 is 4.74 Å². The first kappa shape index (κ1) is 24.3. The van der Waals surface area contributed by atoms with Crippen LogP contribution in [0.2, 0.25) is 0 Å². The lowest BCUT2D eigenvalue weighted by atomic mass is 10.0. The van der Waals surface area contributed by atoms with Gasteiger partial charge in [-0.05, 0) is 25.7 Å². The van der Waals surface area contributed by atoms with Crippen LogP contribution < -0.4 is 0 Å². The minimum Gasteiger partial charge on any atom is -0.462 e. The molecule has 0 radical (unpaired) electrons. The molecule has 0 spiro atoms. The van der Waals surface area contributed by atoms with Gasteiger partial charge in [-0.25, -0.2) is 0 Å². The van der Waals surface area contributed by atoms with Crippen LogP contribution in [0.25, 0.3) is 0 Å². The van der Waals surface area contributed by atoms with Crippen LogP contribution in [0.5, 0.6) is 0 Å². The van der Waals surface area contributed by atoms with Crippen LogP contribution in [0.4, 0.5) is 0 Å². The first-order chi connectivity index (χ1) is 13.6. The van der Waals surface area contributed by atoms with Crippen LogP contribution in [0.3, 0.4) is 0 Å². The third-order valence-corrected chi connectivity index (χ3v) is 5.07. The van der Waals surface area contributed by atoms with Gasteiger partial charge in [0.1, 0.15) is 17.7 Å². The molecule has 4 heteroatoms. The molecule has 0 saturated carbocycles. The molecule has 0 fully saturated rings. The molecule has 1 aliphatic carbocycles. The highest BCUT2D eigenvalue weighted by molar-refractivity contribution is 5.80. The van der Waals surface area contributed by atoms with Gasteiger partial charge in [-0.2, -0.15) is 0 Å². The molecule has 0 aliphatic heterocycles. The summed E-state index contributed by atoms with van der Waals surface area (Å²) in [6, 6.07) is 0. The summed E-state index contributed by atoms with van der Waals surface area (Å²) < 4.78 is 5.36. The number of hydrogen-bond acceptors (Lipinski definition) is 4. The van der Waals surface area contributed by atoms with Crippen molar-refractivity contribution in [2.45, 2.75) is 109 Å². The van der Waals surface area contributed by atoms with Crippen molar-refractivity contribution in [2.24, 2.45) is 0 Å². The summed E-state index contributed by atoms with van der Waals surface area (Å²) in [6.45, 7) is 1.42. The fourth-order valence-electron chi connectivity index (χ4n) is 3.45. The molecule has 1 rings (SSSR count). The number of esters is 1. The highest BCUT2D eigenvalue weighted by Gasteiger charge is 2.09. The second-order valence-corrected chi connectivity index (χ2v) is 7.80. The fourth-order valence-corrected chi connectivity index (χ4v) is 3.45. The SMILES string of the molecule is CC(=O)OC1CC=CCC(=O)CCCCCCCCCCC(=O)CC=CCC1. The first-order valence-electron chi connectivity index (χ1n) is 11.1. The van der Waals surface area contributed by atoms with E-state index in [1.807, 2.05) is 24.3 Å².